The van der Waals surface area contributed by atoms with E-state index in [0.29, 0.717) is 15.3 Å². The number of carbonyl (C=O) groups excluding carboxylic acids is 2. The van der Waals surface area contributed by atoms with Gasteiger partial charge in [-0.1, -0.05) is 12.1 Å². The van der Waals surface area contributed by atoms with Crippen LogP contribution in [0.2, 0.25) is 0 Å². The SMILES string of the molecule is NC(=O)c1ccc(C(=O)NCc2ccc(S(=O)(=O)NCCOCCO)cc2)s1. The lowest BCUT2D eigenvalue weighted by molar-refractivity contribution is 0.0954. The van der Waals surface area contributed by atoms with E-state index in [9.17, 15) is 18.0 Å². The molecule has 11 heteroatoms. The Bertz CT molecular complexity index is 909. The average Bonchev–Trinajstić information content (AvgIpc) is 3.17. The van der Waals surface area contributed by atoms with Gasteiger partial charge in [0.15, 0.2) is 0 Å². The van der Waals surface area contributed by atoms with Crippen molar-refractivity contribution in [3.05, 3.63) is 51.7 Å². The zero-order chi connectivity index (χ0) is 20.6. The van der Waals surface area contributed by atoms with Crippen LogP contribution in [0.3, 0.4) is 0 Å². The molecule has 2 amide bonds. The van der Waals surface area contributed by atoms with E-state index in [1.54, 1.807) is 12.1 Å². The predicted molar refractivity (Wildman–Crippen MR) is 104 cm³/mol. The molecule has 0 aliphatic rings. The van der Waals surface area contributed by atoms with Crippen molar-refractivity contribution in [2.24, 2.45) is 5.73 Å². The molecule has 28 heavy (non-hydrogen) atoms. The van der Waals surface area contributed by atoms with E-state index in [1.165, 1.54) is 24.3 Å². The summed E-state index contributed by atoms with van der Waals surface area (Å²) in [5.74, 6) is -0.937. The summed E-state index contributed by atoms with van der Waals surface area (Å²) in [6.07, 6.45) is 0. The number of amides is 2. The molecule has 2 aromatic rings. The molecular formula is C17H21N3O6S2. The minimum absolute atomic E-state index is 0.0915. The summed E-state index contributed by atoms with van der Waals surface area (Å²) in [4.78, 5) is 23.9. The van der Waals surface area contributed by atoms with Gasteiger partial charge in [-0.15, -0.1) is 11.3 Å². The molecule has 0 atom stereocenters. The Morgan fingerprint density at radius 3 is 2.36 bits per heavy atom. The van der Waals surface area contributed by atoms with Crippen molar-refractivity contribution >= 4 is 33.2 Å². The minimum Gasteiger partial charge on any atom is -0.394 e. The third-order valence-electron chi connectivity index (χ3n) is 3.53. The van der Waals surface area contributed by atoms with Crippen LogP contribution in [0.15, 0.2) is 41.3 Å². The molecule has 152 valence electrons. The molecule has 0 aliphatic heterocycles. The summed E-state index contributed by atoms with van der Waals surface area (Å²) in [5, 5.41) is 11.3. The maximum Gasteiger partial charge on any atom is 0.261 e. The highest BCUT2D eigenvalue weighted by atomic mass is 32.2. The molecule has 9 nitrogen and oxygen atoms in total. The first-order chi connectivity index (χ1) is 13.3. The Hall–Kier alpha value is -2.31. The number of benzene rings is 1. The van der Waals surface area contributed by atoms with Gasteiger partial charge in [0.2, 0.25) is 10.0 Å². The number of aliphatic hydroxyl groups is 1. The van der Waals surface area contributed by atoms with Gasteiger partial charge >= 0.3 is 0 Å². The Morgan fingerprint density at radius 2 is 1.75 bits per heavy atom. The van der Waals surface area contributed by atoms with Gasteiger partial charge in [0.25, 0.3) is 11.8 Å². The fourth-order valence-corrected chi connectivity index (χ4v) is 3.93. The summed E-state index contributed by atoms with van der Waals surface area (Å²) < 4.78 is 31.7. The number of carbonyl (C=O) groups is 2. The molecule has 2 rings (SSSR count). The highest BCUT2D eigenvalue weighted by Crippen LogP contribution is 2.16. The van der Waals surface area contributed by atoms with Crippen LogP contribution in [-0.4, -0.2) is 51.7 Å². The molecule has 0 saturated heterocycles. The first kappa shape index (κ1) is 22.0. The van der Waals surface area contributed by atoms with E-state index in [0.717, 1.165) is 11.3 Å². The van der Waals surface area contributed by atoms with E-state index < -0.39 is 15.9 Å². The van der Waals surface area contributed by atoms with Gasteiger partial charge in [0, 0.05) is 13.1 Å². The minimum atomic E-state index is -3.67. The van der Waals surface area contributed by atoms with Crippen molar-refractivity contribution < 1.29 is 27.9 Å². The number of aliphatic hydroxyl groups excluding tert-OH is 1. The summed E-state index contributed by atoms with van der Waals surface area (Å²) in [6, 6.07) is 9.08. The number of rotatable bonds is 11. The lowest BCUT2D eigenvalue weighted by Crippen LogP contribution is -2.28. The van der Waals surface area contributed by atoms with Crippen LogP contribution in [-0.2, 0) is 21.3 Å². The third kappa shape index (κ3) is 6.39. The smallest absolute Gasteiger partial charge is 0.261 e. The average molecular weight is 428 g/mol. The summed E-state index contributed by atoms with van der Waals surface area (Å²) in [6.45, 7) is 0.477. The zero-order valence-electron chi connectivity index (χ0n) is 14.9. The molecule has 1 heterocycles. The second-order valence-corrected chi connectivity index (χ2v) is 8.44. The van der Waals surface area contributed by atoms with E-state index in [1.807, 2.05) is 0 Å². The fourth-order valence-electron chi connectivity index (χ4n) is 2.15. The molecule has 0 bridgehead atoms. The molecule has 0 aliphatic carbocycles. The fraction of sp³-hybridized carbons (Fsp3) is 0.294. The van der Waals surface area contributed by atoms with Gasteiger partial charge in [-0.2, -0.15) is 0 Å². The number of thiophene rings is 1. The molecule has 0 spiro atoms. The van der Waals surface area contributed by atoms with Gasteiger partial charge in [-0.05, 0) is 29.8 Å². The van der Waals surface area contributed by atoms with Crippen LogP contribution in [0.25, 0.3) is 0 Å². The summed E-state index contributed by atoms with van der Waals surface area (Å²) in [7, 11) is -3.67. The van der Waals surface area contributed by atoms with E-state index in [2.05, 4.69) is 10.0 Å². The standard InChI is InChI=1S/C17H21N3O6S2/c18-16(22)14-5-6-15(27-14)17(23)19-11-12-1-3-13(4-2-12)28(24,25)20-7-9-26-10-8-21/h1-6,20-21H,7-11H2,(H2,18,22)(H,19,23). The predicted octanol–water partition coefficient (Wildman–Crippen LogP) is 0.0642. The summed E-state index contributed by atoms with van der Waals surface area (Å²) in [5.41, 5.74) is 5.88. The third-order valence-corrected chi connectivity index (χ3v) is 6.11. The quantitative estimate of drug-likeness (QED) is 0.373. The number of primary amides is 1. The molecule has 0 unspecified atom stereocenters. The van der Waals surface area contributed by atoms with E-state index in [4.69, 9.17) is 15.6 Å². The van der Waals surface area contributed by atoms with Gasteiger partial charge in [-0.25, -0.2) is 13.1 Å². The first-order valence-corrected chi connectivity index (χ1v) is 10.6. The lowest BCUT2D eigenvalue weighted by Gasteiger charge is -2.08. The van der Waals surface area contributed by atoms with Crippen LogP contribution in [0.1, 0.15) is 24.9 Å². The highest BCUT2D eigenvalue weighted by molar-refractivity contribution is 7.89. The Labute approximate surface area is 166 Å². The molecule has 0 saturated carbocycles. The van der Waals surface area contributed by atoms with Crippen molar-refractivity contribution in [2.75, 3.05) is 26.4 Å². The monoisotopic (exact) mass is 427 g/mol. The second kappa shape index (κ2) is 10.3. The molecule has 0 radical (unpaired) electrons. The number of hydrogen-bond acceptors (Lipinski definition) is 7. The molecule has 1 aromatic carbocycles. The lowest BCUT2D eigenvalue weighted by atomic mass is 10.2. The number of nitrogens with one attached hydrogen (secondary N) is 2. The Morgan fingerprint density at radius 1 is 1.07 bits per heavy atom. The van der Waals surface area contributed by atoms with E-state index in [-0.39, 0.29) is 43.7 Å². The highest BCUT2D eigenvalue weighted by Gasteiger charge is 2.14. The number of ether oxygens (including phenoxy) is 1. The molecule has 1 aromatic heterocycles. The van der Waals surface area contributed by atoms with Gasteiger partial charge in [0.05, 0.1) is 34.5 Å². The number of nitrogens with two attached hydrogens (primary N) is 1. The van der Waals surface area contributed by atoms with Crippen molar-refractivity contribution in [2.45, 2.75) is 11.4 Å². The van der Waals surface area contributed by atoms with Crippen molar-refractivity contribution in [1.82, 2.24) is 10.0 Å². The number of sulfonamides is 1. The molecule has 5 N–H and O–H groups in total. The zero-order valence-corrected chi connectivity index (χ0v) is 16.5. The van der Waals surface area contributed by atoms with Crippen molar-refractivity contribution in [3.63, 3.8) is 0 Å². The van der Waals surface area contributed by atoms with Crippen LogP contribution >= 0.6 is 11.3 Å². The van der Waals surface area contributed by atoms with Gasteiger partial charge in [0.1, 0.15) is 0 Å². The maximum atomic E-state index is 12.2. The van der Waals surface area contributed by atoms with Crippen LogP contribution in [0, 0.1) is 0 Å². The van der Waals surface area contributed by atoms with Crippen LogP contribution in [0.4, 0.5) is 0 Å². The van der Waals surface area contributed by atoms with Crippen molar-refractivity contribution in [1.29, 1.82) is 0 Å². The molecule has 0 fully saturated rings. The van der Waals surface area contributed by atoms with E-state index >= 15 is 0 Å². The maximum absolute atomic E-state index is 12.2. The number of hydrogen-bond donors (Lipinski definition) is 4. The topological polar surface area (TPSA) is 148 Å². The van der Waals surface area contributed by atoms with Crippen molar-refractivity contribution in [3.8, 4) is 0 Å². The Balaban J connectivity index is 1.87. The van der Waals surface area contributed by atoms with Crippen LogP contribution in [0.5, 0.6) is 0 Å². The summed E-state index contributed by atoms with van der Waals surface area (Å²) >= 11 is 1.00. The van der Waals surface area contributed by atoms with Gasteiger partial charge < -0.3 is 20.9 Å². The molecular weight excluding hydrogens is 406 g/mol. The first-order valence-electron chi connectivity index (χ1n) is 8.28. The largest absolute Gasteiger partial charge is 0.394 e. The second-order valence-electron chi connectivity index (χ2n) is 5.59. The Kier molecular flexibility index (Phi) is 8.08. The van der Waals surface area contributed by atoms with Gasteiger partial charge in [-0.3, -0.25) is 9.59 Å². The van der Waals surface area contributed by atoms with Crippen LogP contribution < -0.4 is 15.8 Å². The normalized spacial score (nSPS) is 11.3.